The highest BCUT2D eigenvalue weighted by molar-refractivity contribution is 7.89. The molecule has 1 fully saturated rings. The highest BCUT2D eigenvalue weighted by atomic mass is 32.2. The summed E-state index contributed by atoms with van der Waals surface area (Å²) in [5.41, 5.74) is 0. The van der Waals surface area contributed by atoms with E-state index in [-0.39, 0.29) is 11.1 Å². The van der Waals surface area contributed by atoms with Crippen molar-refractivity contribution in [1.82, 2.24) is 9.62 Å². The van der Waals surface area contributed by atoms with E-state index in [9.17, 15) is 8.42 Å². The minimum Gasteiger partial charge on any atom is -0.447 e. The van der Waals surface area contributed by atoms with Gasteiger partial charge in [0.25, 0.3) is 10.0 Å². The monoisotopic (exact) mass is 314 g/mol. The molecule has 0 aliphatic heterocycles. The molecule has 1 aromatic heterocycles. The average Bonchev–Trinajstić information content (AvgIpc) is 3.12. The van der Waals surface area contributed by atoms with Crippen molar-refractivity contribution < 1.29 is 12.8 Å². The first-order valence-electron chi connectivity index (χ1n) is 7.76. The lowest BCUT2D eigenvalue weighted by Gasteiger charge is -2.24. The Kier molecular flexibility index (Phi) is 5.46. The van der Waals surface area contributed by atoms with Crippen LogP contribution in [-0.2, 0) is 16.6 Å². The minimum absolute atomic E-state index is 0.0534. The number of rotatable bonds is 9. The lowest BCUT2D eigenvalue weighted by molar-refractivity contribution is 0.321. The second-order valence-electron chi connectivity index (χ2n) is 6.01. The number of nitrogens with zero attached hydrogens (tertiary/aromatic N) is 1. The van der Waals surface area contributed by atoms with Crippen LogP contribution in [0.4, 0.5) is 0 Å². The Labute approximate surface area is 127 Å². The molecular formula is C15H26N2O3S. The molecule has 6 heteroatoms. The molecule has 1 N–H and O–H groups in total. The fourth-order valence-corrected chi connectivity index (χ4v) is 3.88. The molecule has 1 heterocycles. The highest BCUT2D eigenvalue weighted by Gasteiger charge is 2.35. The molecule has 1 aliphatic carbocycles. The molecule has 120 valence electrons. The first-order valence-corrected chi connectivity index (χ1v) is 9.20. The molecule has 1 aromatic rings. The van der Waals surface area contributed by atoms with Gasteiger partial charge in [-0.1, -0.05) is 6.92 Å². The van der Waals surface area contributed by atoms with Crippen molar-refractivity contribution in [3.8, 4) is 0 Å². The van der Waals surface area contributed by atoms with E-state index in [1.807, 2.05) is 13.8 Å². The smallest absolute Gasteiger partial charge is 0.276 e. The summed E-state index contributed by atoms with van der Waals surface area (Å²) in [5.74, 6) is 1.18. The van der Waals surface area contributed by atoms with Gasteiger partial charge < -0.3 is 9.73 Å². The van der Waals surface area contributed by atoms with Crippen LogP contribution in [0.2, 0.25) is 0 Å². The molecule has 2 rings (SSSR count). The number of hydrogen-bond donors (Lipinski definition) is 1. The Morgan fingerprint density at radius 2 is 2.10 bits per heavy atom. The van der Waals surface area contributed by atoms with E-state index in [0.29, 0.717) is 24.8 Å². The Morgan fingerprint density at radius 3 is 2.67 bits per heavy atom. The van der Waals surface area contributed by atoms with E-state index >= 15 is 0 Å². The van der Waals surface area contributed by atoms with Crippen molar-refractivity contribution in [2.45, 2.75) is 57.7 Å². The van der Waals surface area contributed by atoms with Crippen LogP contribution < -0.4 is 5.32 Å². The van der Waals surface area contributed by atoms with Crippen molar-refractivity contribution >= 4 is 10.0 Å². The summed E-state index contributed by atoms with van der Waals surface area (Å²) in [4.78, 5) is 0. The maximum absolute atomic E-state index is 12.7. The highest BCUT2D eigenvalue weighted by Crippen LogP contribution is 2.32. The van der Waals surface area contributed by atoms with Crippen molar-refractivity contribution in [2.24, 2.45) is 5.92 Å². The predicted molar refractivity (Wildman–Crippen MR) is 82.5 cm³/mol. The summed E-state index contributed by atoms with van der Waals surface area (Å²) < 4.78 is 32.5. The van der Waals surface area contributed by atoms with Crippen LogP contribution in [0, 0.1) is 5.92 Å². The normalized spacial score (nSPS) is 16.0. The molecule has 5 nitrogen and oxygen atoms in total. The van der Waals surface area contributed by atoms with Crippen molar-refractivity contribution in [2.75, 3.05) is 13.1 Å². The third-order valence-electron chi connectivity index (χ3n) is 3.64. The van der Waals surface area contributed by atoms with Crippen LogP contribution in [0.15, 0.2) is 21.6 Å². The molecule has 0 aromatic carbocycles. The maximum atomic E-state index is 12.7. The molecular weight excluding hydrogens is 288 g/mol. The van der Waals surface area contributed by atoms with Crippen molar-refractivity contribution in [3.63, 3.8) is 0 Å². The standard InChI is InChI=1S/C15H26N2O3S/c1-4-9-16-10-14-7-8-15(20-14)21(18,19)17(12(2)3)11-13-5-6-13/h7-8,12-13,16H,4-6,9-11H2,1-3H3. The van der Waals surface area contributed by atoms with E-state index in [1.54, 1.807) is 16.4 Å². The average molecular weight is 314 g/mol. The summed E-state index contributed by atoms with van der Waals surface area (Å²) in [5, 5.41) is 3.27. The second kappa shape index (κ2) is 6.94. The van der Waals surface area contributed by atoms with E-state index < -0.39 is 10.0 Å². The second-order valence-corrected chi connectivity index (χ2v) is 7.83. The molecule has 1 aliphatic rings. The number of sulfonamides is 1. The lowest BCUT2D eigenvalue weighted by atomic mass is 10.3. The molecule has 0 atom stereocenters. The van der Waals surface area contributed by atoms with Gasteiger partial charge in [-0.2, -0.15) is 4.31 Å². The first-order chi connectivity index (χ1) is 9.95. The van der Waals surface area contributed by atoms with Gasteiger partial charge in [0, 0.05) is 12.6 Å². The third-order valence-corrected chi connectivity index (χ3v) is 5.55. The quantitative estimate of drug-likeness (QED) is 0.712. The number of furan rings is 1. The lowest BCUT2D eigenvalue weighted by Crippen LogP contribution is -2.38. The summed E-state index contributed by atoms with van der Waals surface area (Å²) in [6.45, 7) is 7.96. The third kappa shape index (κ3) is 4.31. The van der Waals surface area contributed by atoms with E-state index in [1.165, 1.54) is 0 Å². The fraction of sp³-hybridized carbons (Fsp3) is 0.733. The fourth-order valence-electron chi connectivity index (χ4n) is 2.24. The molecule has 0 amide bonds. The zero-order valence-corrected chi connectivity index (χ0v) is 13.9. The molecule has 1 saturated carbocycles. The van der Waals surface area contributed by atoms with Gasteiger partial charge in [-0.3, -0.25) is 0 Å². The van der Waals surface area contributed by atoms with Crippen molar-refractivity contribution in [1.29, 1.82) is 0 Å². The minimum atomic E-state index is -3.53. The van der Waals surface area contributed by atoms with Gasteiger partial charge >= 0.3 is 0 Å². The zero-order valence-electron chi connectivity index (χ0n) is 13.1. The summed E-state index contributed by atoms with van der Waals surface area (Å²) in [6, 6.07) is 3.26. The van der Waals surface area contributed by atoms with Gasteiger partial charge in [-0.15, -0.1) is 0 Å². The van der Waals surface area contributed by atoms with Crippen LogP contribution in [0.25, 0.3) is 0 Å². The van der Waals surface area contributed by atoms with Gasteiger partial charge in [0.15, 0.2) is 0 Å². The van der Waals surface area contributed by atoms with Crippen LogP contribution in [0.3, 0.4) is 0 Å². The van der Waals surface area contributed by atoms with Crippen LogP contribution in [0.1, 0.15) is 45.8 Å². The SMILES string of the molecule is CCCNCc1ccc(S(=O)(=O)N(CC2CC2)C(C)C)o1. The molecule has 0 bridgehead atoms. The summed E-state index contributed by atoms with van der Waals surface area (Å²) >= 11 is 0. The van der Waals surface area contributed by atoms with Gasteiger partial charge in [0.1, 0.15) is 5.76 Å². The van der Waals surface area contributed by atoms with E-state index in [0.717, 1.165) is 25.8 Å². The van der Waals surface area contributed by atoms with Gasteiger partial charge in [0.2, 0.25) is 5.09 Å². The molecule has 0 unspecified atom stereocenters. The van der Waals surface area contributed by atoms with E-state index in [2.05, 4.69) is 12.2 Å². The van der Waals surface area contributed by atoms with Gasteiger partial charge in [-0.05, 0) is 57.7 Å². The van der Waals surface area contributed by atoms with Crippen molar-refractivity contribution in [3.05, 3.63) is 17.9 Å². The Balaban J connectivity index is 2.09. The summed E-state index contributed by atoms with van der Waals surface area (Å²) in [6.07, 6.45) is 3.29. The Bertz CT molecular complexity index is 547. The molecule has 0 saturated heterocycles. The maximum Gasteiger partial charge on any atom is 0.276 e. The predicted octanol–water partition coefficient (Wildman–Crippen LogP) is 2.59. The number of hydrogen-bond acceptors (Lipinski definition) is 4. The molecule has 0 spiro atoms. The van der Waals surface area contributed by atoms with Crippen LogP contribution in [0.5, 0.6) is 0 Å². The van der Waals surface area contributed by atoms with Crippen LogP contribution in [-0.4, -0.2) is 31.9 Å². The summed E-state index contributed by atoms with van der Waals surface area (Å²) in [7, 11) is -3.53. The van der Waals surface area contributed by atoms with Gasteiger partial charge in [0.05, 0.1) is 6.54 Å². The molecule has 0 radical (unpaired) electrons. The molecule has 21 heavy (non-hydrogen) atoms. The van der Waals surface area contributed by atoms with Gasteiger partial charge in [-0.25, -0.2) is 8.42 Å². The largest absolute Gasteiger partial charge is 0.447 e. The Morgan fingerprint density at radius 1 is 1.38 bits per heavy atom. The Hall–Kier alpha value is -0.850. The topological polar surface area (TPSA) is 62.6 Å². The van der Waals surface area contributed by atoms with E-state index in [4.69, 9.17) is 4.42 Å². The zero-order chi connectivity index (χ0) is 15.5. The first kappa shape index (κ1) is 16.5. The number of nitrogens with one attached hydrogen (secondary N) is 1. The van der Waals surface area contributed by atoms with Crippen LogP contribution >= 0.6 is 0 Å².